The highest BCUT2D eigenvalue weighted by Gasteiger charge is 2.40. The maximum atomic E-state index is 13.5. The zero-order valence-electron chi connectivity index (χ0n) is 16.0. The smallest absolute Gasteiger partial charge is 0.450 e. The molecule has 0 unspecified atom stereocenters. The van der Waals surface area contributed by atoms with Crippen molar-refractivity contribution in [3.63, 3.8) is 0 Å². The predicted molar refractivity (Wildman–Crippen MR) is 109 cm³/mol. The molecule has 1 fully saturated rings. The number of amides is 1. The van der Waals surface area contributed by atoms with Gasteiger partial charge in [0.05, 0.1) is 5.56 Å². The third-order valence-corrected chi connectivity index (χ3v) is 4.90. The Labute approximate surface area is 171 Å². The fourth-order valence-electron chi connectivity index (χ4n) is 3.39. The van der Waals surface area contributed by atoms with Gasteiger partial charge in [-0.2, -0.15) is 13.2 Å². The van der Waals surface area contributed by atoms with Crippen LogP contribution in [0.15, 0.2) is 65.1 Å². The van der Waals surface area contributed by atoms with Gasteiger partial charge in [0.15, 0.2) is 0 Å². The van der Waals surface area contributed by atoms with Crippen molar-refractivity contribution < 1.29 is 22.4 Å². The number of hydrogen-bond acceptors (Lipinski definition) is 4. The van der Waals surface area contributed by atoms with E-state index in [-0.39, 0.29) is 5.76 Å². The largest absolute Gasteiger partial charge is 0.451 e. The summed E-state index contributed by atoms with van der Waals surface area (Å²) < 4.78 is 45.4. The first-order valence-electron chi connectivity index (χ1n) is 9.55. The lowest BCUT2D eigenvalue weighted by molar-refractivity contribution is -0.153. The van der Waals surface area contributed by atoms with Gasteiger partial charge in [-0.05, 0) is 30.3 Å². The van der Waals surface area contributed by atoms with Gasteiger partial charge in [-0.25, -0.2) is 0 Å². The van der Waals surface area contributed by atoms with Crippen LogP contribution >= 0.6 is 0 Å². The second-order valence-electron chi connectivity index (χ2n) is 6.96. The Morgan fingerprint density at radius 1 is 1.00 bits per heavy atom. The van der Waals surface area contributed by atoms with E-state index in [9.17, 15) is 18.0 Å². The maximum absolute atomic E-state index is 13.5. The molecule has 2 aromatic carbocycles. The van der Waals surface area contributed by atoms with Crippen molar-refractivity contribution in [2.75, 3.05) is 36.4 Å². The molecule has 0 atom stereocenters. The van der Waals surface area contributed by atoms with Crippen LogP contribution in [0, 0.1) is 0 Å². The minimum Gasteiger partial charge on any atom is -0.451 e. The van der Waals surface area contributed by atoms with Gasteiger partial charge in [0.25, 0.3) is 5.91 Å². The molecule has 0 radical (unpaired) electrons. The zero-order valence-corrected chi connectivity index (χ0v) is 16.0. The number of halogens is 3. The second-order valence-corrected chi connectivity index (χ2v) is 6.96. The van der Waals surface area contributed by atoms with Crippen molar-refractivity contribution in [2.45, 2.75) is 6.18 Å². The molecule has 2 N–H and O–H groups in total. The number of nitrogens with one attached hydrogen (secondary N) is 2. The van der Waals surface area contributed by atoms with E-state index >= 15 is 0 Å². The van der Waals surface area contributed by atoms with Crippen molar-refractivity contribution in [1.29, 1.82) is 0 Å². The summed E-state index contributed by atoms with van der Waals surface area (Å²) in [5.41, 5.74) is 1.32. The molecule has 1 amide bonds. The van der Waals surface area contributed by atoms with Gasteiger partial charge in [0, 0.05) is 43.1 Å². The molecule has 1 aromatic heterocycles. The summed E-state index contributed by atoms with van der Waals surface area (Å²) in [4.78, 5) is 14.8. The van der Waals surface area contributed by atoms with Crippen molar-refractivity contribution in [2.24, 2.45) is 0 Å². The number of hydrogen-bond donors (Lipinski definition) is 2. The lowest BCUT2D eigenvalue weighted by Gasteiger charge is -2.29. The highest BCUT2D eigenvalue weighted by molar-refractivity contribution is 6.05. The molecule has 5 nitrogen and oxygen atoms in total. The number of anilines is 2. The molecule has 1 aliphatic heterocycles. The van der Waals surface area contributed by atoms with Crippen molar-refractivity contribution in [3.8, 4) is 11.3 Å². The Morgan fingerprint density at radius 3 is 2.30 bits per heavy atom. The van der Waals surface area contributed by atoms with E-state index in [1.54, 1.807) is 42.5 Å². The average molecular weight is 415 g/mol. The molecule has 0 aliphatic carbocycles. The standard InChI is InChI=1S/C22H20F3N3O2/c23-22(24,25)20-18(14-19(30-20)15-4-2-1-3-5-15)21(29)27-16-6-8-17(9-7-16)28-12-10-26-11-13-28/h1-9,14,26H,10-13H2,(H,27,29). The monoisotopic (exact) mass is 415 g/mol. The van der Waals surface area contributed by atoms with Crippen LogP contribution in [-0.2, 0) is 6.18 Å². The van der Waals surface area contributed by atoms with Crippen LogP contribution in [0.4, 0.5) is 24.5 Å². The van der Waals surface area contributed by atoms with E-state index in [1.807, 2.05) is 12.1 Å². The van der Waals surface area contributed by atoms with Gasteiger partial charge < -0.3 is 20.0 Å². The van der Waals surface area contributed by atoms with Crippen LogP contribution in [0.25, 0.3) is 11.3 Å². The summed E-state index contributed by atoms with van der Waals surface area (Å²) in [5, 5.41) is 5.81. The lowest BCUT2D eigenvalue weighted by Crippen LogP contribution is -2.43. The van der Waals surface area contributed by atoms with Crippen LogP contribution in [0.3, 0.4) is 0 Å². The molecular formula is C22H20F3N3O2. The Hall–Kier alpha value is -3.26. The highest BCUT2D eigenvalue weighted by atomic mass is 19.4. The third kappa shape index (κ3) is 4.33. The highest BCUT2D eigenvalue weighted by Crippen LogP contribution is 2.37. The Morgan fingerprint density at radius 2 is 1.67 bits per heavy atom. The van der Waals surface area contributed by atoms with Crippen molar-refractivity contribution in [1.82, 2.24) is 5.32 Å². The second kappa shape index (κ2) is 8.23. The van der Waals surface area contributed by atoms with Crippen LogP contribution < -0.4 is 15.5 Å². The molecule has 4 rings (SSSR count). The topological polar surface area (TPSA) is 57.5 Å². The molecule has 156 valence electrons. The van der Waals surface area contributed by atoms with Gasteiger partial charge in [-0.15, -0.1) is 0 Å². The Kier molecular flexibility index (Phi) is 5.50. The summed E-state index contributed by atoms with van der Waals surface area (Å²) in [6.45, 7) is 3.53. The average Bonchev–Trinajstić information content (AvgIpc) is 3.22. The fourth-order valence-corrected chi connectivity index (χ4v) is 3.39. The van der Waals surface area contributed by atoms with Crippen molar-refractivity contribution in [3.05, 3.63) is 72.0 Å². The number of carbonyl (C=O) groups excluding carboxylic acids is 1. The van der Waals surface area contributed by atoms with E-state index in [2.05, 4.69) is 15.5 Å². The number of nitrogens with zero attached hydrogens (tertiary/aromatic N) is 1. The van der Waals surface area contributed by atoms with Gasteiger partial charge >= 0.3 is 6.18 Å². The SMILES string of the molecule is O=C(Nc1ccc(N2CCNCC2)cc1)c1cc(-c2ccccc2)oc1C(F)(F)F. The minimum absolute atomic E-state index is 0.0119. The molecule has 0 saturated carbocycles. The first-order valence-corrected chi connectivity index (χ1v) is 9.55. The first kappa shape index (κ1) is 20.0. The molecule has 1 saturated heterocycles. The predicted octanol–water partition coefficient (Wildman–Crippen LogP) is 4.63. The molecule has 0 spiro atoms. The number of piperazine rings is 1. The molecule has 0 bridgehead atoms. The van der Waals surface area contributed by atoms with Crippen LogP contribution in [0.5, 0.6) is 0 Å². The van der Waals surface area contributed by atoms with E-state index in [1.165, 1.54) is 0 Å². The Bertz CT molecular complexity index is 1010. The fraction of sp³-hybridized carbons (Fsp3) is 0.227. The third-order valence-electron chi connectivity index (χ3n) is 4.90. The van der Waals surface area contributed by atoms with Gasteiger partial charge in [-0.1, -0.05) is 30.3 Å². The normalized spacial score (nSPS) is 14.6. The molecule has 8 heteroatoms. The summed E-state index contributed by atoms with van der Waals surface area (Å²) in [7, 11) is 0. The summed E-state index contributed by atoms with van der Waals surface area (Å²) in [5.74, 6) is -2.19. The molecule has 30 heavy (non-hydrogen) atoms. The number of rotatable bonds is 4. The van der Waals surface area contributed by atoms with Gasteiger partial charge in [0.2, 0.25) is 5.76 Å². The molecular weight excluding hydrogens is 395 g/mol. The lowest BCUT2D eigenvalue weighted by atomic mass is 10.1. The summed E-state index contributed by atoms with van der Waals surface area (Å²) >= 11 is 0. The van der Waals surface area contributed by atoms with E-state index < -0.39 is 23.4 Å². The number of benzene rings is 2. The number of alkyl halides is 3. The molecule has 2 heterocycles. The van der Waals surface area contributed by atoms with Crippen LogP contribution in [-0.4, -0.2) is 32.1 Å². The maximum Gasteiger partial charge on any atom is 0.450 e. The molecule has 1 aliphatic rings. The quantitative estimate of drug-likeness (QED) is 0.653. The summed E-state index contributed by atoms with van der Waals surface area (Å²) in [6.07, 6.45) is -4.79. The first-order chi connectivity index (χ1) is 14.4. The van der Waals surface area contributed by atoms with E-state index in [4.69, 9.17) is 4.42 Å². The number of furan rings is 1. The van der Waals surface area contributed by atoms with Crippen LogP contribution in [0.1, 0.15) is 16.1 Å². The van der Waals surface area contributed by atoms with E-state index in [0.717, 1.165) is 37.9 Å². The Balaban J connectivity index is 1.56. The van der Waals surface area contributed by atoms with Crippen LogP contribution in [0.2, 0.25) is 0 Å². The van der Waals surface area contributed by atoms with Gasteiger partial charge in [0.1, 0.15) is 5.76 Å². The zero-order chi connectivity index (χ0) is 21.1. The number of carbonyl (C=O) groups is 1. The van der Waals surface area contributed by atoms with Crippen molar-refractivity contribution >= 4 is 17.3 Å². The summed E-state index contributed by atoms with van der Waals surface area (Å²) in [6, 6.07) is 16.5. The minimum atomic E-state index is -4.79. The van der Waals surface area contributed by atoms with Gasteiger partial charge in [-0.3, -0.25) is 4.79 Å². The van der Waals surface area contributed by atoms with E-state index in [0.29, 0.717) is 11.3 Å². The molecule has 3 aromatic rings.